The maximum Gasteiger partial charge on any atom is 0.239 e. The molecule has 4 saturated carbocycles. The van der Waals surface area contributed by atoms with Crippen molar-refractivity contribution in [3.63, 3.8) is 0 Å². The number of rotatable bonds is 6. The molecule has 1 aliphatic heterocycles. The standard InChI is InChI=1S/C22H28N2O4/c25-20(23-4-3-14-1-2-18-19(8-14)28-13-27-18)12-24-21(26)22-9-15-5-16(10-22)7-17(6-15)11-22/h1-2,8,15-17H,3-7,9-13H2,(H,23,25)(H,24,26). The first kappa shape index (κ1) is 17.8. The van der Waals surface area contributed by atoms with E-state index >= 15 is 0 Å². The number of nitrogens with one attached hydrogen (secondary N) is 2. The lowest BCUT2D eigenvalue weighted by atomic mass is 9.49. The zero-order valence-corrected chi connectivity index (χ0v) is 16.2. The zero-order chi connectivity index (χ0) is 19.1. The van der Waals surface area contributed by atoms with E-state index in [1.165, 1.54) is 19.3 Å². The normalized spacial score (nSPS) is 31.6. The number of ether oxygens (including phenoxy) is 2. The Morgan fingerprint density at radius 1 is 0.964 bits per heavy atom. The fourth-order valence-corrected chi connectivity index (χ4v) is 6.24. The summed E-state index contributed by atoms with van der Waals surface area (Å²) in [5.41, 5.74) is 0.892. The summed E-state index contributed by atoms with van der Waals surface area (Å²) in [7, 11) is 0. The third-order valence-corrected chi connectivity index (χ3v) is 7.10. The van der Waals surface area contributed by atoms with E-state index in [1.807, 2.05) is 18.2 Å². The van der Waals surface area contributed by atoms with Crippen LogP contribution in [0.3, 0.4) is 0 Å². The Hall–Kier alpha value is -2.24. The smallest absolute Gasteiger partial charge is 0.239 e. The van der Waals surface area contributed by atoms with Gasteiger partial charge in [-0.3, -0.25) is 9.59 Å². The summed E-state index contributed by atoms with van der Waals surface area (Å²) in [6, 6.07) is 5.82. The van der Waals surface area contributed by atoms with Gasteiger partial charge in [-0.25, -0.2) is 0 Å². The topological polar surface area (TPSA) is 76.7 Å². The van der Waals surface area contributed by atoms with Gasteiger partial charge >= 0.3 is 0 Å². The fraction of sp³-hybridized carbons (Fsp3) is 0.636. The van der Waals surface area contributed by atoms with Gasteiger partial charge in [-0.15, -0.1) is 0 Å². The highest BCUT2D eigenvalue weighted by atomic mass is 16.7. The lowest BCUT2D eigenvalue weighted by Gasteiger charge is -2.55. The first-order chi connectivity index (χ1) is 13.6. The van der Waals surface area contributed by atoms with Crippen LogP contribution in [0.4, 0.5) is 0 Å². The molecule has 5 aliphatic rings. The number of amides is 2. The molecule has 1 aromatic rings. The fourth-order valence-electron chi connectivity index (χ4n) is 6.24. The van der Waals surface area contributed by atoms with Crippen LogP contribution in [0.2, 0.25) is 0 Å². The molecule has 0 spiro atoms. The van der Waals surface area contributed by atoms with Crippen LogP contribution in [0.15, 0.2) is 18.2 Å². The summed E-state index contributed by atoms with van der Waals surface area (Å²) in [5, 5.41) is 5.84. The van der Waals surface area contributed by atoms with E-state index in [4.69, 9.17) is 9.47 Å². The average Bonchev–Trinajstić information content (AvgIpc) is 3.13. The van der Waals surface area contributed by atoms with Crippen LogP contribution in [-0.2, 0) is 16.0 Å². The molecule has 0 radical (unpaired) electrons. The number of fused-ring (bicyclic) bond motifs is 1. The third kappa shape index (κ3) is 3.33. The van der Waals surface area contributed by atoms with Crippen molar-refractivity contribution in [3.05, 3.63) is 23.8 Å². The molecule has 4 aliphatic carbocycles. The molecule has 0 unspecified atom stereocenters. The van der Waals surface area contributed by atoms with Crippen molar-refractivity contribution < 1.29 is 19.1 Å². The molecule has 4 fully saturated rings. The van der Waals surface area contributed by atoms with Gasteiger partial charge in [0.05, 0.1) is 6.54 Å². The minimum atomic E-state index is -0.193. The van der Waals surface area contributed by atoms with E-state index in [-0.39, 0.29) is 30.6 Å². The number of carbonyl (C=O) groups is 2. The molecule has 6 rings (SSSR count). The monoisotopic (exact) mass is 384 g/mol. The largest absolute Gasteiger partial charge is 0.454 e. The maximum absolute atomic E-state index is 12.9. The van der Waals surface area contributed by atoms with Crippen molar-refractivity contribution in [2.45, 2.75) is 44.9 Å². The molecular weight excluding hydrogens is 356 g/mol. The Morgan fingerprint density at radius 2 is 1.64 bits per heavy atom. The highest BCUT2D eigenvalue weighted by Crippen LogP contribution is 2.60. The Labute approximate surface area is 165 Å². The first-order valence-electron chi connectivity index (χ1n) is 10.5. The summed E-state index contributed by atoms with van der Waals surface area (Å²) in [6.07, 6.45) is 7.72. The number of hydrogen-bond donors (Lipinski definition) is 2. The molecule has 28 heavy (non-hydrogen) atoms. The van der Waals surface area contributed by atoms with Gasteiger partial charge in [-0.1, -0.05) is 6.07 Å². The van der Waals surface area contributed by atoms with Crippen molar-refractivity contribution in [1.29, 1.82) is 0 Å². The van der Waals surface area contributed by atoms with Crippen LogP contribution in [0.1, 0.15) is 44.1 Å². The Morgan fingerprint density at radius 3 is 2.36 bits per heavy atom. The number of hydrogen-bond acceptors (Lipinski definition) is 4. The summed E-state index contributed by atoms with van der Waals surface area (Å²) in [5.74, 6) is 3.69. The first-order valence-corrected chi connectivity index (χ1v) is 10.5. The molecule has 1 aromatic carbocycles. The van der Waals surface area contributed by atoms with Crippen LogP contribution < -0.4 is 20.1 Å². The predicted octanol–water partition coefficient (Wildman–Crippen LogP) is 2.41. The SMILES string of the molecule is O=C(CNC(=O)C12CC3CC(CC(C3)C1)C2)NCCc1ccc2c(c1)OCO2. The van der Waals surface area contributed by atoms with Crippen LogP contribution in [0.5, 0.6) is 11.5 Å². The highest BCUT2D eigenvalue weighted by molar-refractivity contribution is 5.88. The molecule has 2 amide bonds. The molecule has 2 N–H and O–H groups in total. The van der Waals surface area contributed by atoms with E-state index in [1.54, 1.807) is 0 Å². The third-order valence-electron chi connectivity index (χ3n) is 7.10. The Bertz CT molecular complexity index is 755. The Balaban J connectivity index is 1.08. The van der Waals surface area contributed by atoms with Crippen LogP contribution in [0.25, 0.3) is 0 Å². The highest BCUT2D eigenvalue weighted by Gasteiger charge is 2.54. The quantitative estimate of drug-likeness (QED) is 0.790. The van der Waals surface area contributed by atoms with Crippen molar-refractivity contribution >= 4 is 11.8 Å². The van der Waals surface area contributed by atoms with Gasteiger partial charge in [0, 0.05) is 12.0 Å². The van der Waals surface area contributed by atoms with Crippen LogP contribution >= 0.6 is 0 Å². The maximum atomic E-state index is 12.9. The van der Waals surface area contributed by atoms with Gasteiger partial charge in [0.25, 0.3) is 0 Å². The van der Waals surface area contributed by atoms with Crippen molar-refractivity contribution in [2.75, 3.05) is 19.9 Å². The molecule has 1 heterocycles. The van der Waals surface area contributed by atoms with Crippen LogP contribution in [-0.4, -0.2) is 31.7 Å². The summed E-state index contributed by atoms with van der Waals surface area (Å²) in [4.78, 5) is 25.1. The van der Waals surface area contributed by atoms with Gasteiger partial charge in [0.15, 0.2) is 11.5 Å². The van der Waals surface area contributed by atoms with Crippen molar-refractivity contribution in [2.24, 2.45) is 23.2 Å². The van der Waals surface area contributed by atoms with E-state index < -0.39 is 0 Å². The minimum absolute atomic E-state index is 0.0712. The zero-order valence-electron chi connectivity index (χ0n) is 16.2. The molecule has 0 aromatic heterocycles. The average molecular weight is 384 g/mol. The van der Waals surface area contributed by atoms with Crippen molar-refractivity contribution in [1.82, 2.24) is 10.6 Å². The Kier molecular flexibility index (Phi) is 4.44. The second-order valence-electron chi connectivity index (χ2n) is 9.17. The van der Waals surface area contributed by atoms with Gasteiger partial charge in [0.2, 0.25) is 18.6 Å². The van der Waals surface area contributed by atoms with Crippen LogP contribution in [0, 0.1) is 23.2 Å². The number of carbonyl (C=O) groups excluding carboxylic acids is 2. The van der Waals surface area contributed by atoms with E-state index in [0.29, 0.717) is 13.0 Å². The lowest BCUT2D eigenvalue weighted by molar-refractivity contribution is -0.147. The summed E-state index contributed by atoms with van der Waals surface area (Å²) >= 11 is 0. The molecule has 6 nitrogen and oxygen atoms in total. The summed E-state index contributed by atoms with van der Waals surface area (Å²) < 4.78 is 10.7. The second-order valence-corrected chi connectivity index (χ2v) is 9.17. The molecular formula is C22H28N2O4. The number of benzene rings is 1. The van der Waals surface area contributed by atoms with Crippen molar-refractivity contribution in [3.8, 4) is 11.5 Å². The van der Waals surface area contributed by atoms with Gasteiger partial charge in [-0.05, 0) is 80.4 Å². The minimum Gasteiger partial charge on any atom is -0.454 e. The van der Waals surface area contributed by atoms with Gasteiger partial charge in [0.1, 0.15) is 0 Å². The molecule has 0 saturated heterocycles. The summed E-state index contributed by atoms with van der Waals surface area (Å²) in [6.45, 7) is 0.867. The lowest BCUT2D eigenvalue weighted by Crippen LogP contribution is -2.54. The van der Waals surface area contributed by atoms with E-state index in [9.17, 15) is 9.59 Å². The second kappa shape index (κ2) is 6.98. The molecule has 150 valence electrons. The van der Waals surface area contributed by atoms with E-state index in [0.717, 1.165) is 54.1 Å². The molecule has 4 bridgehead atoms. The van der Waals surface area contributed by atoms with Gasteiger partial charge in [-0.2, -0.15) is 0 Å². The van der Waals surface area contributed by atoms with Gasteiger partial charge < -0.3 is 20.1 Å². The molecule has 0 atom stereocenters. The van der Waals surface area contributed by atoms with E-state index in [2.05, 4.69) is 10.6 Å². The predicted molar refractivity (Wildman–Crippen MR) is 103 cm³/mol. The molecule has 6 heteroatoms.